The first kappa shape index (κ1) is 13.3. The summed E-state index contributed by atoms with van der Waals surface area (Å²) in [6.07, 6.45) is 5.77. The minimum Gasteiger partial charge on any atom is -0.391 e. The van der Waals surface area contributed by atoms with Gasteiger partial charge in [0.2, 0.25) is 0 Å². The van der Waals surface area contributed by atoms with Gasteiger partial charge in [0.25, 0.3) is 0 Å². The fraction of sp³-hybridized carbons (Fsp3) is 0.583. The summed E-state index contributed by atoms with van der Waals surface area (Å²) in [7, 11) is 2.00. The normalized spacial score (nSPS) is 24.7. The molecule has 0 aromatic carbocycles. The molecule has 0 bridgehead atoms. The van der Waals surface area contributed by atoms with Gasteiger partial charge in [-0.05, 0) is 50.8 Å². The van der Waals surface area contributed by atoms with Crippen LogP contribution >= 0.6 is 31.9 Å². The van der Waals surface area contributed by atoms with Gasteiger partial charge in [0.15, 0.2) is 0 Å². The van der Waals surface area contributed by atoms with Crippen LogP contribution in [0.3, 0.4) is 0 Å². The van der Waals surface area contributed by atoms with Gasteiger partial charge in [-0.1, -0.05) is 12.8 Å². The van der Waals surface area contributed by atoms with Crippen LogP contribution in [0.25, 0.3) is 0 Å². The van der Waals surface area contributed by atoms with E-state index in [2.05, 4.69) is 41.7 Å². The highest BCUT2D eigenvalue weighted by Gasteiger charge is 2.28. The van der Waals surface area contributed by atoms with Gasteiger partial charge in [-0.15, -0.1) is 0 Å². The van der Waals surface area contributed by atoms with Crippen molar-refractivity contribution in [3.05, 3.63) is 21.2 Å². The first-order valence-electron chi connectivity index (χ1n) is 5.81. The van der Waals surface area contributed by atoms with Crippen molar-refractivity contribution >= 4 is 37.7 Å². The average molecular weight is 364 g/mol. The molecule has 1 aliphatic rings. The van der Waals surface area contributed by atoms with Gasteiger partial charge >= 0.3 is 0 Å². The van der Waals surface area contributed by atoms with Crippen LogP contribution in [0.1, 0.15) is 25.7 Å². The standard InChI is InChI=1S/C12H16Br2N2O/c1-16(10-4-2-3-5-11(10)17)12-9(14)6-8(13)7-15-12/h6-7,10-11,17H,2-5H2,1H3. The van der Waals surface area contributed by atoms with E-state index in [1.807, 2.05) is 13.1 Å². The molecule has 0 amide bonds. The van der Waals surface area contributed by atoms with E-state index >= 15 is 0 Å². The molecule has 2 rings (SSSR count). The summed E-state index contributed by atoms with van der Waals surface area (Å²) in [4.78, 5) is 6.49. The molecule has 0 aliphatic heterocycles. The zero-order valence-corrected chi connectivity index (χ0v) is 12.9. The van der Waals surface area contributed by atoms with Gasteiger partial charge in [0, 0.05) is 17.7 Å². The van der Waals surface area contributed by atoms with E-state index < -0.39 is 0 Å². The maximum absolute atomic E-state index is 10.1. The Balaban J connectivity index is 2.20. The lowest BCUT2D eigenvalue weighted by Gasteiger charge is -2.36. The molecule has 0 radical (unpaired) electrons. The van der Waals surface area contributed by atoms with E-state index in [9.17, 15) is 5.11 Å². The SMILES string of the molecule is CN(c1ncc(Br)cc1Br)C1CCCCC1O. The maximum Gasteiger partial charge on any atom is 0.143 e. The first-order valence-corrected chi connectivity index (χ1v) is 7.40. The molecule has 1 heterocycles. The number of aliphatic hydroxyl groups is 1. The van der Waals surface area contributed by atoms with E-state index in [0.29, 0.717) is 0 Å². The quantitative estimate of drug-likeness (QED) is 0.875. The number of halogens is 2. The van der Waals surface area contributed by atoms with Crippen molar-refractivity contribution in [2.45, 2.75) is 37.8 Å². The third kappa shape index (κ3) is 3.01. The summed E-state index contributed by atoms with van der Waals surface area (Å²) < 4.78 is 1.90. The molecular formula is C12H16Br2N2O. The van der Waals surface area contributed by atoms with E-state index in [4.69, 9.17) is 0 Å². The minimum atomic E-state index is -0.244. The summed E-state index contributed by atoms with van der Waals surface area (Å²) in [6, 6.07) is 2.15. The molecule has 3 nitrogen and oxygen atoms in total. The van der Waals surface area contributed by atoms with Gasteiger partial charge in [-0.2, -0.15) is 0 Å². The molecule has 1 aromatic heterocycles. The zero-order chi connectivity index (χ0) is 12.4. The molecule has 94 valence electrons. The second kappa shape index (κ2) is 5.67. The maximum atomic E-state index is 10.1. The largest absolute Gasteiger partial charge is 0.391 e. The van der Waals surface area contributed by atoms with Gasteiger partial charge in [-0.25, -0.2) is 4.98 Å². The van der Waals surface area contributed by atoms with Crippen LogP contribution in [0, 0.1) is 0 Å². The number of pyridine rings is 1. The lowest BCUT2D eigenvalue weighted by molar-refractivity contribution is 0.106. The molecule has 17 heavy (non-hydrogen) atoms. The molecule has 1 saturated carbocycles. The van der Waals surface area contributed by atoms with Crippen molar-refractivity contribution in [2.24, 2.45) is 0 Å². The fourth-order valence-corrected chi connectivity index (χ4v) is 3.63. The van der Waals surface area contributed by atoms with E-state index in [1.165, 1.54) is 6.42 Å². The Bertz CT molecular complexity index is 400. The Labute approximate surface area is 118 Å². The van der Waals surface area contributed by atoms with Crippen molar-refractivity contribution in [2.75, 3.05) is 11.9 Å². The predicted octanol–water partition coefficient (Wildman–Crippen LogP) is 3.35. The van der Waals surface area contributed by atoms with E-state index in [-0.39, 0.29) is 12.1 Å². The van der Waals surface area contributed by atoms with Crippen LogP contribution in [-0.4, -0.2) is 29.3 Å². The molecule has 2 atom stereocenters. The minimum absolute atomic E-state index is 0.175. The molecular weight excluding hydrogens is 348 g/mol. The molecule has 1 aliphatic carbocycles. The average Bonchev–Trinajstić information content (AvgIpc) is 2.29. The van der Waals surface area contributed by atoms with Crippen molar-refractivity contribution in [1.29, 1.82) is 0 Å². The molecule has 1 N–H and O–H groups in total. The van der Waals surface area contributed by atoms with Crippen molar-refractivity contribution in [1.82, 2.24) is 4.98 Å². The highest BCUT2D eigenvalue weighted by atomic mass is 79.9. The van der Waals surface area contributed by atoms with E-state index in [0.717, 1.165) is 34.0 Å². The number of aliphatic hydroxyl groups excluding tert-OH is 1. The number of nitrogens with zero attached hydrogens (tertiary/aromatic N) is 2. The number of rotatable bonds is 2. The van der Waals surface area contributed by atoms with Crippen LogP contribution in [-0.2, 0) is 0 Å². The summed E-state index contributed by atoms with van der Waals surface area (Å²) in [5, 5.41) is 10.1. The third-order valence-corrected chi connectivity index (χ3v) is 4.33. The first-order chi connectivity index (χ1) is 8.09. The molecule has 2 unspecified atom stereocenters. The molecule has 5 heteroatoms. The fourth-order valence-electron chi connectivity index (χ4n) is 2.37. The van der Waals surface area contributed by atoms with Crippen LogP contribution in [0.15, 0.2) is 21.2 Å². The number of hydrogen-bond acceptors (Lipinski definition) is 3. The second-order valence-corrected chi connectivity index (χ2v) is 6.26. The summed E-state index contributed by atoms with van der Waals surface area (Å²) in [6.45, 7) is 0. The zero-order valence-electron chi connectivity index (χ0n) is 9.74. The second-order valence-electron chi connectivity index (χ2n) is 4.49. The molecule has 1 aromatic rings. The molecule has 1 fully saturated rings. The monoisotopic (exact) mass is 362 g/mol. The number of aromatic nitrogens is 1. The summed E-state index contributed by atoms with van der Waals surface area (Å²) in [5.41, 5.74) is 0. The number of anilines is 1. The van der Waals surface area contributed by atoms with Crippen LogP contribution in [0.2, 0.25) is 0 Å². The lowest BCUT2D eigenvalue weighted by atomic mass is 9.91. The Kier molecular flexibility index (Phi) is 4.44. The number of hydrogen-bond donors (Lipinski definition) is 1. The van der Waals surface area contributed by atoms with Gasteiger partial charge < -0.3 is 10.0 Å². The summed E-state index contributed by atoms with van der Waals surface area (Å²) in [5.74, 6) is 0.888. The Morgan fingerprint density at radius 2 is 2.06 bits per heavy atom. The molecule has 0 spiro atoms. The van der Waals surface area contributed by atoms with Gasteiger partial charge in [-0.3, -0.25) is 0 Å². The van der Waals surface area contributed by atoms with Crippen LogP contribution < -0.4 is 4.90 Å². The van der Waals surface area contributed by atoms with Gasteiger partial charge in [0.05, 0.1) is 16.6 Å². The smallest absolute Gasteiger partial charge is 0.143 e. The third-order valence-electron chi connectivity index (χ3n) is 3.31. The predicted molar refractivity (Wildman–Crippen MR) is 76.3 cm³/mol. The number of likely N-dealkylation sites (N-methyl/N-ethyl adjacent to an activating group) is 1. The lowest BCUT2D eigenvalue weighted by Crippen LogP contribution is -2.44. The van der Waals surface area contributed by atoms with E-state index in [1.54, 1.807) is 6.20 Å². The Hall–Kier alpha value is -0.130. The van der Waals surface area contributed by atoms with Crippen molar-refractivity contribution in [3.63, 3.8) is 0 Å². The van der Waals surface area contributed by atoms with Crippen molar-refractivity contribution < 1.29 is 5.11 Å². The van der Waals surface area contributed by atoms with Gasteiger partial charge in [0.1, 0.15) is 5.82 Å². The highest BCUT2D eigenvalue weighted by molar-refractivity contribution is 9.11. The highest BCUT2D eigenvalue weighted by Crippen LogP contribution is 2.31. The Morgan fingerprint density at radius 3 is 2.71 bits per heavy atom. The topological polar surface area (TPSA) is 36.4 Å². The van der Waals surface area contributed by atoms with Crippen LogP contribution in [0.4, 0.5) is 5.82 Å². The molecule has 0 saturated heterocycles. The van der Waals surface area contributed by atoms with Crippen LogP contribution in [0.5, 0.6) is 0 Å². The Morgan fingerprint density at radius 1 is 1.35 bits per heavy atom. The van der Waals surface area contributed by atoms with Crippen molar-refractivity contribution in [3.8, 4) is 0 Å². The summed E-state index contributed by atoms with van der Waals surface area (Å²) >= 11 is 6.91.